The summed E-state index contributed by atoms with van der Waals surface area (Å²) in [5.41, 5.74) is 0.964. The molecule has 6 heteroatoms. The Hall–Kier alpha value is -3.02. The fourth-order valence-electron chi connectivity index (χ4n) is 2.18. The van der Waals surface area contributed by atoms with E-state index in [1.807, 2.05) is 13.0 Å². The Kier molecular flexibility index (Phi) is 4.65. The molecule has 1 aliphatic heterocycles. The SMILES string of the molecule is CCCOc1cc(/C=C2/N=C(c3ccco3)OC2=O)ccc1OC. The van der Waals surface area contributed by atoms with Crippen molar-refractivity contribution < 1.29 is 23.4 Å². The normalized spacial score (nSPS) is 15.3. The summed E-state index contributed by atoms with van der Waals surface area (Å²) in [5.74, 6) is 1.31. The third-order valence-corrected chi connectivity index (χ3v) is 3.31. The number of hydrogen-bond acceptors (Lipinski definition) is 6. The number of benzene rings is 1. The number of methoxy groups -OCH3 is 1. The summed E-state index contributed by atoms with van der Waals surface area (Å²) in [6.45, 7) is 2.61. The molecule has 124 valence electrons. The van der Waals surface area contributed by atoms with E-state index in [1.165, 1.54) is 6.26 Å². The van der Waals surface area contributed by atoms with Crippen molar-refractivity contribution in [2.24, 2.45) is 4.99 Å². The quantitative estimate of drug-likeness (QED) is 0.600. The molecule has 0 bridgehead atoms. The molecule has 0 amide bonds. The summed E-state index contributed by atoms with van der Waals surface area (Å²) in [6, 6.07) is 8.79. The Balaban J connectivity index is 1.89. The van der Waals surface area contributed by atoms with Crippen molar-refractivity contribution in [2.75, 3.05) is 13.7 Å². The summed E-state index contributed by atoms with van der Waals surface area (Å²) in [6.07, 6.45) is 4.02. The lowest BCUT2D eigenvalue weighted by Crippen LogP contribution is -2.04. The van der Waals surface area contributed by atoms with Crippen LogP contribution in [0, 0.1) is 0 Å². The molecule has 0 aliphatic carbocycles. The van der Waals surface area contributed by atoms with E-state index in [0.29, 0.717) is 23.9 Å². The van der Waals surface area contributed by atoms with Gasteiger partial charge in [0.05, 0.1) is 20.0 Å². The predicted octanol–water partition coefficient (Wildman–Crippen LogP) is 3.42. The average Bonchev–Trinajstić information content (AvgIpc) is 3.23. The zero-order chi connectivity index (χ0) is 16.9. The number of carbonyl (C=O) groups is 1. The molecule has 0 unspecified atom stereocenters. The number of hydrogen-bond donors (Lipinski definition) is 0. The highest BCUT2D eigenvalue weighted by atomic mass is 16.6. The molecule has 0 atom stereocenters. The van der Waals surface area contributed by atoms with Gasteiger partial charge in [0.1, 0.15) is 0 Å². The minimum atomic E-state index is -0.520. The Morgan fingerprint density at radius 2 is 2.12 bits per heavy atom. The maximum absolute atomic E-state index is 12.0. The van der Waals surface area contributed by atoms with Crippen LogP contribution in [0.5, 0.6) is 11.5 Å². The number of cyclic esters (lactones) is 1. The topological polar surface area (TPSA) is 70.3 Å². The molecule has 1 aliphatic rings. The van der Waals surface area contributed by atoms with Gasteiger partial charge in [-0.1, -0.05) is 13.0 Å². The van der Waals surface area contributed by atoms with Gasteiger partial charge in [-0.2, -0.15) is 0 Å². The maximum Gasteiger partial charge on any atom is 0.363 e. The monoisotopic (exact) mass is 327 g/mol. The lowest BCUT2D eigenvalue weighted by molar-refractivity contribution is -0.130. The number of rotatable bonds is 6. The molecule has 6 nitrogen and oxygen atoms in total. The number of furan rings is 1. The summed E-state index contributed by atoms with van der Waals surface area (Å²) >= 11 is 0. The van der Waals surface area contributed by atoms with Gasteiger partial charge in [0.15, 0.2) is 23.0 Å². The van der Waals surface area contributed by atoms with Gasteiger partial charge >= 0.3 is 5.97 Å². The lowest BCUT2D eigenvalue weighted by Gasteiger charge is -2.10. The molecule has 0 fully saturated rings. The molecule has 1 aromatic carbocycles. The fraction of sp³-hybridized carbons (Fsp3) is 0.222. The van der Waals surface area contributed by atoms with E-state index in [1.54, 1.807) is 37.5 Å². The van der Waals surface area contributed by atoms with Gasteiger partial charge in [-0.25, -0.2) is 9.79 Å². The highest BCUT2D eigenvalue weighted by Gasteiger charge is 2.25. The molecule has 0 N–H and O–H groups in total. The Morgan fingerprint density at radius 1 is 1.25 bits per heavy atom. The van der Waals surface area contributed by atoms with E-state index in [9.17, 15) is 4.79 Å². The van der Waals surface area contributed by atoms with Crippen LogP contribution >= 0.6 is 0 Å². The van der Waals surface area contributed by atoms with E-state index in [2.05, 4.69) is 4.99 Å². The molecule has 0 radical (unpaired) electrons. The number of nitrogens with zero attached hydrogens (tertiary/aromatic N) is 1. The van der Waals surface area contributed by atoms with Crippen molar-refractivity contribution in [1.82, 2.24) is 0 Å². The molecule has 0 spiro atoms. The zero-order valence-electron chi connectivity index (χ0n) is 13.4. The van der Waals surface area contributed by atoms with E-state index in [-0.39, 0.29) is 11.6 Å². The zero-order valence-corrected chi connectivity index (χ0v) is 13.4. The smallest absolute Gasteiger partial charge is 0.363 e. The second kappa shape index (κ2) is 7.04. The maximum atomic E-state index is 12.0. The van der Waals surface area contributed by atoms with Crippen LogP contribution < -0.4 is 9.47 Å². The van der Waals surface area contributed by atoms with Crippen molar-refractivity contribution in [3.05, 3.63) is 53.6 Å². The first-order valence-electron chi connectivity index (χ1n) is 7.58. The molecule has 2 aromatic rings. The van der Waals surface area contributed by atoms with Gasteiger partial charge < -0.3 is 18.6 Å². The number of carbonyl (C=O) groups excluding carboxylic acids is 1. The summed E-state index contributed by atoms with van der Waals surface area (Å²) in [7, 11) is 1.58. The summed E-state index contributed by atoms with van der Waals surface area (Å²) in [4.78, 5) is 16.1. The molecule has 3 rings (SSSR count). The summed E-state index contributed by atoms with van der Waals surface area (Å²) < 4.78 is 21.3. The third kappa shape index (κ3) is 3.32. The van der Waals surface area contributed by atoms with Crippen LogP contribution in [0.3, 0.4) is 0 Å². The predicted molar refractivity (Wildman–Crippen MR) is 88.1 cm³/mol. The molecule has 0 saturated heterocycles. The highest BCUT2D eigenvalue weighted by molar-refractivity contribution is 6.11. The van der Waals surface area contributed by atoms with Crippen molar-refractivity contribution in [3.8, 4) is 11.5 Å². The van der Waals surface area contributed by atoms with E-state index >= 15 is 0 Å². The van der Waals surface area contributed by atoms with Crippen LogP contribution in [0.1, 0.15) is 24.7 Å². The van der Waals surface area contributed by atoms with Crippen molar-refractivity contribution in [3.63, 3.8) is 0 Å². The minimum Gasteiger partial charge on any atom is -0.493 e. The van der Waals surface area contributed by atoms with E-state index in [4.69, 9.17) is 18.6 Å². The largest absolute Gasteiger partial charge is 0.493 e. The molecular formula is C18H17NO5. The van der Waals surface area contributed by atoms with Crippen molar-refractivity contribution in [1.29, 1.82) is 0 Å². The minimum absolute atomic E-state index is 0.159. The Bertz CT molecular complexity index is 790. The molecule has 2 heterocycles. The van der Waals surface area contributed by atoms with Gasteiger partial charge in [-0.05, 0) is 42.3 Å². The molecule has 0 saturated carbocycles. The Labute approximate surface area is 139 Å². The van der Waals surface area contributed by atoms with Crippen molar-refractivity contribution >= 4 is 17.9 Å². The van der Waals surface area contributed by atoms with Crippen LogP contribution in [0.15, 0.2) is 51.7 Å². The van der Waals surface area contributed by atoms with E-state index < -0.39 is 5.97 Å². The molecular weight excluding hydrogens is 310 g/mol. The van der Waals surface area contributed by atoms with Crippen LogP contribution in [0.4, 0.5) is 0 Å². The van der Waals surface area contributed by atoms with Crippen LogP contribution in [0.25, 0.3) is 6.08 Å². The van der Waals surface area contributed by atoms with Crippen molar-refractivity contribution in [2.45, 2.75) is 13.3 Å². The second-order valence-electron chi connectivity index (χ2n) is 5.07. The van der Waals surface area contributed by atoms with Gasteiger partial charge in [-0.3, -0.25) is 0 Å². The van der Waals surface area contributed by atoms with Crippen LogP contribution in [0.2, 0.25) is 0 Å². The Morgan fingerprint density at radius 3 is 2.83 bits per heavy atom. The van der Waals surface area contributed by atoms with Gasteiger partial charge in [-0.15, -0.1) is 0 Å². The van der Waals surface area contributed by atoms with Crippen LogP contribution in [-0.2, 0) is 9.53 Å². The number of ether oxygens (including phenoxy) is 3. The lowest BCUT2D eigenvalue weighted by atomic mass is 10.1. The van der Waals surface area contributed by atoms with Gasteiger partial charge in [0.2, 0.25) is 0 Å². The van der Waals surface area contributed by atoms with Gasteiger partial charge in [0.25, 0.3) is 5.90 Å². The van der Waals surface area contributed by atoms with Gasteiger partial charge in [0, 0.05) is 0 Å². The second-order valence-corrected chi connectivity index (χ2v) is 5.07. The van der Waals surface area contributed by atoms with Crippen LogP contribution in [-0.4, -0.2) is 25.6 Å². The number of aliphatic imine (C=N–C) groups is 1. The first-order valence-corrected chi connectivity index (χ1v) is 7.58. The van der Waals surface area contributed by atoms with E-state index in [0.717, 1.165) is 12.0 Å². The first-order chi connectivity index (χ1) is 11.7. The molecule has 24 heavy (non-hydrogen) atoms. The number of esters is 1. The molecule has 1 aromatic heterocycles. The fourth-order valence-corrected chi connectivity index (χ4v) is 2.18. The average molecular weight is 327 g/mol. The standard InChI is InChI=1S/C18H17NO5/c1-3-8-22-16-11-12(6-7-14(16)21-2)10-13-18(20)24-17(19-13)15-5-4-9-23-15/h4-7,9-11H,3,8H2,1-2H3/b13-10+. The highest BCUT2D eigenvalue weighted by Crippen LogP contribution is 2.30. The first kappa shape index (κ1) is 15.9. The third-order valence-electron chi connectivity index (χ3n) is 3.31. The summed E-state index contributed by atoms with van der Waals surface area (Å²) in [5, 5.41) is 0.